The zero-order valence-corrected chi connectivity index (χ0v) is 18.7. The molecule has 1 amide bonds. The minimum atomic E-state index is -1.57. The number of carbonyl (C=O) groups excluding carboxylic acids is 1. The zero-order valence-electron chi connectivity index (χ0n) is 17.9. The van der Waals surface area contributed by atoms with Crippen molar-refractivity contribution in [3.63, 3.8) is 0 Å². The third-order valence-electron chi connectivity index (χ3n) is 5.29. The highest BCUT2D eigenvalue weighted by Crippen LogP contribution is 2.30. The van der Waals surface area contributed by atoms with Crippen molar-refractivity contribution in [2.75, 3.05) is 7.11 Å². The number of rotatable bonds is 5. The third-order valence-corrected chi connectivity index (χ3v) is 5.59. The van der Waals surface area contributed by atoms with Crippen LogP contribution in [0, 0.1) is 24.4 Å². The van der Waals surface area contributed by atoms with E-state index in [0.29, 0.717) is 11.3 Å². The Morgan fingerprint density at radius 3 is 2.48 bits per heavy atom. The zero-order chi connectivity index (χ0) is 23.9. The van der Waals surface area contributed by atoms with E-state index in [2.05, 4.69) is 10.3 Å². The number of ether oxygens (including phenoxy) is 1. The number of imidazole rings is 1. The molecule has 170 valence electrons. The van der Waals surface area contributed by atoms with Gasteiger partial charge in [-0.25, -0.2) is 18.2 Å². The highest BCUT2D eigenvalue weighted by Gasteiger charge is 2.35. The Morgan fingerprint density at radius 1 is 1.18 bits per heavy atom. The predicted octanol–water partition coefficient (Wildman–Crippen LogP) is 4.43. The maximum atomic E-state index is 13.7. The SMILES string of the molecule is COc1cc(C=C2NC(=S)N(C(C)c3cc(F)c(F)c(F)c3)C2=O)ccc1-n1cnc(C)c1. The molecular weight excluding hydrogens is 453 g/mol. The Hall–Kier alpha value is -3.66. The molecule has 2 aromatic carbocycles. The van der Waals surface area contributed by atoms with Gasteiger partial charge in [0.1, 0.15) is 11.4 Å². The van der Waals surface area contributed by atoms with Crippen LogP contribution < -0.4 is 10.1 Å². The molecule has 1 atom stereocenters. The summed E-state index contributed by atoms with van der Waals surface area (Å²) >= 11 is 5.27. The van der Waals surface area contributed by atoms with Gasteiger partial charge < -0.3 is 14.6 Å². The number of amides is 1. The van der Waals surface area contributed by atoms with E-state index in [0.717, 1.165) is 23.5 Å². The van der Waals surface area contributed by atoms with Crippen LogP contribution in [0.1, 0.15) is 29.8 Å². The van der Waals surface area contributed by atoms with Gasteiger partial charge in [-0.15, -0.1) is 0 Å². The largest absolute Gasteiger partial charge is 0.495 e. The minimum Gasteiger partial charge on any atom is -0.495 e. The van der Waals surface area contributed by atoms with Crippen LogP contribution in [0.5, 0.6) is 5.75 Å². The lowest BCUT2D eigenvalue weighted by molar-refractivity contribution is -0.123. The molecule has 0 aliphatic carbocycles. The average molecular weight is 472 g/mol. The number of nitrogens with zero attached hydrogens (tertiary/aromatic N) is 3. The maximum Gasteiger partial charge on any atom is 0.277 e. The number of carbonyl (C=O) groups is 1. The van der Waals surface area contributed by atoms with Crippen molar-refractivity contribution >= 4 is 29.3 Å². The van der Waals surface area contributed by atoms with E-state index in [9.17, 15) is 18.0 Å². The Labute approximate surface area is 193 Å². The molecular formula is C23H19F3N4O2S. The fourth-order valence-corrected chi connectivity index (χ4v) is 3.93. The van der Waals surface area contributed by atoms with E-state index in [-0.39, 0.29) is 16.4 Å². The molecule has 6 nitrogen and oxygen atoms in total. The van der Waals surface area contributed by atoms with Gasteiger partial charge in [0.25, 0.3) is 5.91 Å². The molecule has 10 heteroatoms. The van der Waals surface area contributed by atoms with E-state index in [1.54, 1.807) is 31.5 Å². The Balaban J connectivity index is 1.63. The van der Waals surface area contributed by atoms with Crippen LogP contribution in [0.25, 0.3) is 11.8 Å². The summed E-state index contributed by atoms with van der Waals surface area (Å²) in [6.07, 6.45) is 5.13. The van der Waals surface area contributed by atoms with Crippen molar-refractivity contribution in [1.82, 2.24) is 19.8 Å². The van der Waals surface area contributed by atoms with Gasteiger partial charge in [-0.1, -0.05) is 6.07 Å². The molecule has 33 heavy (non-hydrogen) atoms. The fourth-order valence-electron chi connectivity index (χ4n) is 3.58. The van der Waals surface area contributed by atoms with E-state index in [4.69, 9.17) is 17.0 Å². The number of hydrogen-bond acceptors (Lipinski definition) is 4. The fraction of sp³-hybridized carbons (Fsp3) is 0.174. The maximum absolute atomic E-state index is 13.7. The number of nitrogens with one attached hydrogen (secondary N) is 1. The second-order valence-corrected chi connectivity index (χ2v) is 7.88. The van der Waals surface area contributed by atoms with Gasteiger partial charge in [-0.05, 0) is 67.5 Å². The van der Waals surface area contributed by atoms with Crippen LogP contribution >= 0.6 is 12.2 Å². The van der Waals surface area contributed by atoms with Crippen molar-refractivity contribution in [3.8, 4) is 11.4 Å². The lowest BCUT2D eigenvalue weighted by atomic mass is 10.1. The van der Waals surface area contributed by atoms with Crippen LogP contribution in [0.15, 0.2) is 48.6 Å². The summed E-state index contributed by atoms with van der Waals surface area (Å²) in [4.78, 5) is 18.4. The topological polar surface area (TPSA) is 59.4 Å². The van der Waals surface area contributed by atoms with Gasteiger partial charge >= 0.3 is 0 Å². The van der Waals surface area contributed by atoms with Gasteiger partial charge in [0.15, 0.2) is 22.6 Å². The van der Waals surface area contributed by atoms with Gasteiger partial charge in [0.2, 0.25) is 0 Å². The number of thiocarbonyl (C=S) groups is 1. The van der Waals surface area contributed by atoms with Crippen molar-refractivity contribution in [2.24, 2.45) is 0 Å². The summed E-state index contributed by atoms with van der Waals surface area (Å²) < 4.78 is 48.0. The number of benzene rings is 2. The second-order valence-electron chi connectivity index (χ2n) is 7.49. The van der Waals surface area contributed by atoms with E-state index >= 15 is 0 Å². The second kappa shape index (κ2) is 8.70. The summed E-state index contributed by atoms with van der Waals surface area (Å²) in [5, 5.41) is 2.90. The molecule has 0 bridgehead atoms. The van der Waals surface area contributed by atoms with E-state index < -0.39 is 29.4 Å². The normalized spacial score (nSPS) is 15.8. The molecule has 1 aliphatic heterocycles. The summed E-state index contributed by atoms with van der Waals surface area (Å²) in [7, 11) is 1.54. The smallest absolute Gasteiger partial charge is 0.277 e. The number of hydrogen-bond donors (Lipinski definition) is 1. The van der Waals surface area contributed by atoms with Crippen LogP contribution in [-0.4, -0.2) is 32.6 Å². The summed E-state index contributed by atoms with van der Waals surface area (Å²) in [5.74, 6) is -4.15. The first kappa shape index (κ1) is 22.5. The average Bonchev–Trinajstić information content (AvgIpc) is 3.33. The Kier molecular flexibility index (Phi) is 5.94. The molecule has 0 spiro atoms. The first-order valence-electron chi connectivity index (χ1n) is 9.89. The quantitative estimate of drug-likeness (QED) is 0.338. The highest BCUT2D eigenvalue weighted by atomic mass is 32.1. The predicted molar refractivity (Wildman–Crippen MR) is 120 cm³/mol. The molecule has 1 saturated heterocycles. The summed E-state index contributed by atoms with van der Waals surface area (Å²) in [6, 6.07) is 6.26. The third kappa shape index (κ3) is 4.21. The van der Waals surface area contributed by atoms with Crippen molar-refractivity contribution in [1.29, 1.82) is 0 Å². The van der Waals surface area contributed by atoms with E-state index in [1.165, 1.54) is 12.0 Å². The molecule has 1 aliphatic rings. The minimum absolute atomic E-state index is 0.0707. The number of halogens is 3. The highest BCUT2D eigenvalue weighted by molar-refractivity contribution is 7.80. The summed E-state index contributed by atoms with van der Waals surface area (Å²) in [6.45, 7) is 3.43. The van der Waals surface area contributed by atoms with Gasteiger partial charge in [-0.3, -0.25) is 9.69 Å². The number of aromatic nitrogens is 2. The monoisotopic (exact) mass is 472 g/mol. The standard InChI is InChI=1S/C23H19F3N4O2S/c1-12-10-29(11-27-12)19-5-4-14(7-20(19)32-3)6-18-22(31)30(23(33)28-18)13(2)15-8-16(24)21(26)17(25)9-15/h4-11,13H,1-3H3,(H,28,33). The van der Waals surface area contributed by atoms with Crippen molar-refractivity contribution in [3.05, 3.63) is 82.8 Å². The van der Waals surface area contributed by atoms with Crippen LogP contribution in [0.2, 0.25) is 0 Å². The van der Waals surface area contributed by atoms with Crippen molar-refractivity contribution < 1.29 is 22.7 Å². The van der Waals surface area contributed by atoms with Gasteiger partial charge in [0, 0.05) is 6.20 Å². The molecule has 2 heterocycles. The first-order chi connectivity index (χ1) is 15.7. The molecule has 3 aromatic rings. The van der Waals surface area contributed by atoms with Crippen molar-refractivity contribution in [2.45, 2.75) is 19.9 Å². The lowest BCUT2D eigenvalue weighted by Gasteiger charge is -2.23. The molecule has 1 fully saturated rings. The molecule has 0 saturated carbocycles. The first-order valence-corrected chi connectivity index (χ1v) is 10.3. The molecule has 1 unspecified atom stereocenters. The van der Waals surface area contributed by atoms with Crippen LogP contribution in [0.3, 0.4) is 0 Å². The molecule has 4 rings (SSSR count). The van der Waals surface area contributed by atoms with Crippen LogP contribution in [-0.2, 0) is 4.79 Å². The molecule has 1 aromatic heterocycles. The van der Waals surface area contributed by atoms with E-state index in [1.807, 2.05) is 23.8 Å². The van der Waals surface area contributed by atoms with Gasteiger partial charge in [-0.2, -0.15) is 0 Å². The van der Waals surface area contributed by atoms with Gasteiger partial charge in [0.05, 0.1) is 30.9 Å². The lowest BCUT2D eigenvalue weighted by Crippen LogP contribution is -2.33. The Morgan fingerprint density at radius 2 is 1.88 bits per heavy atom. The summed E-state index contributed by atoms with van der Waals surface area (Å²) in [5.41, 5.74) is 2.55. The van der Waals surface area contributed by atoms with Crippen LogP contribution in [0.4, 0.5) is 13.2 Å². The number of aryl methyl sites for hydroxylation is 1. The number of methoxy groups -OCH3 is 1. The molecule has 0 radical (unpaired) electrons. The molecule has 1 N–H and O–H groups in total. The Bertz CT molecular complexity index is 1280.